The first-order valence-electron chi connectivity index (χ1n) is 11.4. The molecule has 33 heavy (non-hydrogen) atoms. The lowest BCUT2D eigenvalue weighted by molar-refractivity contribution is 0.0899. The zero-order valence-electron chi connectivity index (χ0n) is 20.2. The zero-order valence-corrected chi connectivity index (χ0v) is 22.0. The van der Waals surface area contributed by atoms with Crippen molar-refractivity contribution in [2.45, 2.75) is 58.7 Å². The van der Waals surface area contributed by atoms with Crippen LogP contribution >= 0.6 is 0 Å². The van der Waals surface area contributed by atoms with E-state index in [1.165, 1.54) is 10.5 Å². The normalized spacial score (nSPS) is 17.7. The minimum atomic E-state index is -3.30. The Kier molecular flexibility index (Phi) is 8.14. The van der Waals surface area contributed by atoms with Gasteiger partial charge in [-0.25, -0.2) is 23.2 Å². The zero-order chi connectivity index (χ0) is 24.2. The number of carbonyl (C=O) groups excluding carboxylic acids is 1. The highest BCUT2D eigenvalue weighted by Crippen LogP contribution is 2.17. The van der Waals surface area contributed by atoms with E-state index >= 15 is 0 Å². The minimum Gasteiger partial charge on any atom is -0.361 e. The molecule has 1 aliphatic heterocycles. The van der Waals surface area contributed by atoms with Gasteiger partial charge in [0.15, 0.2) is 11.5 Å². The van der Waals surface area contributed by atoms with Gasteiger partial charge in [-0.05, 0) is 24.4 Å². The molecule has 0 bridgehead atoms. The van der Waals surface area contributed by atoms with Crippen LogP contribution in [0.1, 0.15) is 20.3 Å². The van der Waals surface area contributed by atoms with Crippen molar-refractivity contribution in [3.05, 3.63) is 18.5 Å². The molecule has 0 radical (unpaired) electrons. The number of hydrogen-bond donors (Lipinski definition) is 2. The van der Waals surface area contributed by atoms with Crippen molar-refractivity contribution < 1.29 is 17.9 Å². The van der Waals surface area contributed by atoms with Crippen molar-refractivity contribution in [3.8, 4) is 0 Å². The number of urea groups is 1. The van der Waals surface area contributed by atoms with Gasteiger partial charge >= 0.3 is 6.03 Å². The summed E-state index contributed by atoms with van der Waals surface area (Å²) in [5.41, 5.74) is 1.35. The third-order valence-electron chi connectivity index (χ3n) is 5.36. The molecule has 1 atom stereocenters. The van der Waals surface area contributed by atoms with Crippen LogP contribution in [-0.2, 0) is 21.5 Å². The van der Waals surface area contributed by atoms with Crippen LogP contribution in [0, 0.1) is 5.92 Å². The predicted octanol–water partition coefficient (Wildman–Crippen LogP) is 2.93. The van der Waals surface area contributed by atoms with Crippen LogP contribution < -0.4 is 10.6 Å². The van der Waals surface area contributed by atoms with Gasteiger partial charge in [0.1, 0.15) is 12.2 Å². The summed E-state index contributed by atoms with van der Waals surface area (Å²) < 4.78 is 33.9. The molecular weight excluding hydrogens is 460 g/mol. The maximum atomic E-state index is 12.4. The number of amides is 2. The molecule has 2 aromatic rings. The topological polar surface area (TPSA) is 118 Å². The fourth-order valence-electron chi connectivity index (χ4n) is 3.63. The van der Waals surface area contributed by atoms with E-state index in [2.05, 4.69) is 40.2 Å². The number of anilines is 1. The quantitative estimate of drug-likeness (QED) is 0.386. The molecule has 2 aromatic heterocycles. The average molecular weight is 497 g/mol. The highest BCUT2D eigenvalue weighted by Gasteiger charge is 2.32. The van der Waals surface area contributed by atoms with Crippen LogP contribution in [0.15, 0.2) is 18.5 Å². The lowest BCUT2D eigenvalue weighted by atomic mass is 10.3. The van der Waals surface area contributed by atoms with Gasteiger partial charge in [0.05, 0.1) is 11.9 Å². The third-order valence-corrected chi connectivity index (χ3v) is 9.27. The monoisotopic (exact) mass is 496 g/mol. The Labute approximate surface area is 197 Å². The summed E-state index contributed by atoms with van der Waals surface area (Å²) in [6, 6.07) is 2.27. The first kappa shape index (κ1) is 25.6. The summed E-state index contributed by atoms with van der Waals surface area (Å²) in [5, 5.41) is 5.53. The molecule has 1 aliphatic rings. The van der Waals surface area contributed by atoms with Crippen LogP contribution in [0.5, 0.6) is 0 Å². The number of nitrogens with one attached hydrogen (secondary N) is 2. The summed E-state index contributed by atoms with van der Waals surface area (Å²) in [7, 11) is -4.43. The van der Waals surface area contributed by atoms with Crippen LogP contribution in [0.25, 0.3) is 11.2 Å². The van der Waals surface area contributed by atoms with E-state index in [-0.39, 0.29) is 24.3 Å². The van der Waals surface area contributed by atoms with Gasteiger partial charge in [-0.3, -0.25) is 5.32 Å². The molecule has 0 spiro atoms. The number of sulfonamides is 1. The Bertz CT molecular complexity index is 1070. The number of aromatic nitrogens is 3. The Morgan fingerprint density at radius 2 is 2.09 bits per heavy atom. The van der Waals surface area contributed by atoms with Crippen LogP contribution in [0.2, 0.25) is 25.7 Å². The van der Waals surface area contributed by atoms with Crippen molar-refractivity contribution >= 4 is 41.1 Å². The summed E-state index contributed by atoms with van der Waals surface area (Å²) >= 11 is 0. The standard InChI is InChI=1S/C21H36N6O4SSi/c1-16(2)14-32(29,30)27-9-6-17(13-27)23-21(28)25-19-12-22-20-18(24-19)7-8-26(20)15-31-10-11-33(3,4)5/h7-8,12,16-17H,6,9-11,13-15H2,1-5H3,(H2,23,24,25,28)/t17-/m0/s1. The van der Waals surface area contributed by atoms with Gasteiger partial charge in [-0.15, -0.1) is 0 Å². The lowest BCUT2D eigenvalue weighted by Crippen LogP contribution is -2.41. The molecule has 0 saturated carbocycles. The SMILES string of the molecule is CC(C)CS(=O)(=O)N1CC[C@H](NC(=O)Nc2cnc3c(ccn3COCC[Si](C)(C)C)n2)C1. The third kappa shape index (κ3) is 7.49. The molecule has 3 rings (SSSR count). The molecule has 0 unspecified atom stereocenters. The van der Waals surface area contributed by atoms with E-state index in [4.69, 9.17) is 4.74 Å². The second-order valence-electron chi connectivity index (χ2n) is 10.2. The molecule has 0 aliphatic carbocycles. The van der Waals surface area contributed by atoms with E-state index < -0.39 is 24.1 Å². The van der Waals surface area contributed by atoms with Gasteiger partial charge in [0.25, 0.3) is 0 Å². The molecule has 2 N–H and O–H groups in total. The van der Waals surface area contributed by atoms with Crippen molar-refractivity contribution in [1.29, 1.82) is 0 Å². The van der Waals surface area contributed by atoms with Crippen LogP contribution in [0.4, 0.5) is 10.6 Å². The lowest BCUT2D eigenvalue weighted by Gasteiger charge is -2.18. The first-order chi connectivity index (χ1) is 15.4. The van der Waals surface area contributed by atoms with E-state index in [0.717, 1.165) is 12.7 Å². The number of ether oxygens (including phenoxy) is 1. The van der Waals surface area contributed by atoms with Gasteiger partial charge < -0.3 is 14.6 Å². The molecule has 1 fully saturated rings. The Morgan fingerprint density at radius 1 is 1.33 bits per heavy atom. The second kappa shape index (κ2) is 10.5. The second-order valence-corrected chi connectivity index (χ2v) is 17.8. The largest absolute Gasteiger partial charge is 0.361 e. The van der Waals surface area contributed by atoms with Crippen molar-refractivity contribution in [2.24, 2.45) is 5.92 Å². The molecule has 184 valence electrons. The Balaban J connectivity index is 1.51. The fraction of sp³-hybridized carbons (Fsp3) is 0.667. The summed E-state index contributed by atoms with van der Waals surface area (Å²) in [4.78, 5) is 21.3. The highest BCUT2D eigenvalue weighted by atomic mass is 32.2. The predicted molar refractivity (Wildman–Crippen MR) is 132 cm³/mol. The number of rotatable bonds is 10. The van der Waals surface area contributed by atoms with Crippen molar-refractivity contribution in [2.75, 3.05) is 30.8 Å². The summed E-state index contributed by atoms with van der Waals surface area (Å²) in [6.07, 6.45) is 3.96. The van der Waals surface area contributed by atoms with E-state index in [1.807, 2.05) is 30.7 Å². The maximum absolute atomic E-state index is 12.4. The molecule has 0 aromatic carbocycles. The average Bonchev–Trinajstić information content (AvgIpc) is 3.31. The minimum absolute atomic E-state index is 0.0605. The van der Waals surface area contributed by atoms with Gasteiger partial charge in [-0.1, -0.05) is 33.5 Å². The van der Waals surface area contributed by atoms with Crippen molar-refractivity contribution in [1.82, 2.24) is 24.2 Å². The fourth-order valence-corrected chi connectivity index (χ4v) is 6.23. The molecular formula is C21H36N6O4SSi. The molecule has 3 heterocycles. The van der Waals surface area contributed by atoms with Gasteiger partial charge in [-0.2, -0.15) is 4.31 Å². The van der Waals surface area contributed by atoms with E-state index in [0.29, 0.717) is 36.7 Å². The number of fused-ring (bicyclic) bond motifs is 1. The maximum Gasteiger partial charge on any atom is 0.320 e. The smallest absolute Gasteiger partial charge is 0.320 e. The molecule has 1 saturated heterocycles. The number of nitrogens with zero attached hydrogens (tertiary/aromatic N) is 4. The van der Waals surface area contributed by atoms with Gasteiger partial charge in [0.2, 0.25) is 10.0 Å². The Hall–Kier alpha value is -2.02. The highest BCUT2D eigenvalue weighted by molar-refractivity contribution is 7.89. The van der Waals surface area contributed by atoms with Crippen LogP contribution in [-0.4, -0.2) is 72.9 Å². The molecule has 12 heteroatoms. The number of hydrogen-bond acceptors (Lipinski definition) is 6. The van der Waals surface area contributed by atoms with E-state index in [1.54, 1.807) is 0 Å². The van der Waals surface area contributed by atoms with E-state index in [9.17, 15) is 13.2 Å². The van der Waals surface area contributed by atoms with Crippen molar-refractivity contribution in [3.63, 3.8) is 0 Å². The Morgan fingerprint density at radius 3 is 2.79 bits per heavy atom. The summed E-state index contributed by atoms with van der Waals surface area (Å²) in [5.74, 6) is 0.509. The van der Waals surface area contributed by atoms with Crippen LogP contribution in [0.3, 0.4) is 0 Å². The first-order valence-corrected chi connectivity index (χ1v) is 16.7. The van der Waals surface area contributed by atoms with Gasteiger partial charge in [0, 0.05) is 40.0 Å². The summed E-state index contributed by atoms with van der Waals surface area (Å²) in [6.45, 7) is 12.5. The molecule has 2 amide bonds. The molecule has 10 nitrogen and oxygen atoms in total. The number of carbonyl (C=O) groups is 1.